The van der Waals surface area contributed by atoms with Crippen molar-refractivity contribution in [1.29, 1.82) is 0 Å². The van der Waals surface area contributed by atoms with Crippen LogP contribution >= 0.6 is 0 Å². The Kier molecular flexibility index (Phi) is 27.5. The van der Waals surface area contributed by atoms with E-state index in [9.17, 15) is 67.1 Å². The van der Waals surface area contributed by atoms with Gasteiger partial charge in [0.1, 0.15) is 67.8 Å². The van der Waals surface area contributed by atoms with Gasteiger partial charge in [0.25, 0.3) is 5.79 Å². The van der Waals surface area contributed by atoms with Crippen molar-refractivity contribution in [2.45, 2.75) is 223 Å². The number of amides is 7. The van der Waals surface area contributed by atoms with Crippen molar-refractivity contribution in [1.82, 2.24) is 36.0 Å². The highest BCUT2D eigenvalue weighted by molar-refractivity contribution is 5.97. The Morgan fingerprint density at radius 3 is 1.70 bits per heavy atom. The van der Waals surface area contributed by atoms with E-state index in [4.69, 9.17) is 61.6 Å². The maximum absolute atomic E-state index is 15.6. The molecule has 0 spiro atoms. The van der Waals surface area contributed by atoms with Crippen LogP contribution < -0.4 is 21.3 Å². The number of alkyl carbamates (subject to hydrolysis) is 1. The quantitative estimate of drug-likeness (QED) is 0.0702. The third-order valence-electron chi connectivity index (χ3n) is 18.7. The van der Waals surface area contributed by atoms with Crippen LogP contribution in [0.3, 0.4) is 0 Å². The molecule has 2 aromatic rings. The Balaban J connectivity index is 1.15. The van der Waals surface area contributed by atoms with E-state index in [-0.39, 0.29) is 39.1 Å². The fourth-order valence-electron chi connectivity index (χ4n) is 14.4. The lowest BCUT2D eigenvalue weighted by atomic mass is 9.87. The van der Waals surface area contributed by atoms with Gasteiger partial charge in [-0.1, -0.05) is 48.5 Å². The molecule has 8 rings (SSSR count). The zero-order valence-corrected chi connectivity index (χ0v) is 60.4. The van der Waals surface area contributed by atoms with Crippen LogP contribution in [0.25, 0.3) is 11.1 Å². The van der Waals surface area contributed by atoms with Crippen LogP contribution in [0.4, 0.5) is 4.79 Å². The van der Waals surface area contributed by atoms with E-state index < -0.39 is 218 Å². The fraction of sp³-hybridized carbons (Fsp3) is 0.614. The molecule has 105 heavy (non-hydrogen) atoms. The molecule has 17 atom stereocenters. The van der Waals surface area contributed by atoms with Gasteiger partial charge in [0, 0.05) is 80.9 Å². The molecule has 5 aliphatic heterocycles. The maximum Gasteiger partial charge on any atom is 0.407 e. The highest BCUT2D eigenvalue weighted by atomic mass is 16.8. The summed E-state index contributed by atoms with van der Waals surface area (Å²) in [6, 6.07) is 5.40. The van der Waals surface area contributed by atoms with Crippen LogP contribution in [-0.4, -0.2) is 261 Å². The molecule has 5 heterocycles. The first-order valence-electron chi connectivity index (χ1n) is 34.4. The zero-order chi connectivity index (χ0) is 76.9. The summed E-state index contributed by atoms with van der Waals surface area (Å²) < 4.78 is 76.0. The van der Waals surface area contributed by atoms with Crippen molar-refractivity contribution in [2.75, 3.05) is 53.7 Å². The molecule has 0 aromatic heterocycles. The molecule has 1 aliphatic carbocycles. The Bertz CT molecular complexity index is 3580. The van der Waals surface area contributed by atoms with Gasteiger partial charge in [0.05, 0.1) is 39.4 Å². The van der Waals surface area contributed by atoms with E-state index in [2.05, 4.69) is 21.3 Å². The SMILES string of the molecule is COC(=O)[C@@H]1CCCN1C(=O)[C@@H]1CCCN1C(=O)[C@H](C)NC(=O)[C@@H]1CCCN1C(=O)[C@@H](NC(=O)OCC1c2ccccc2-c2ccccc21)[C@@H](C)O[C@H]1O[C@H](CO[C@]2(C(=O)OC)C[C@H](OC(C)=O)[C@@H](NC(C)=O)[C@H]([C@H](OC(C)=O)[C@@H](COC(C)=O)OC(C)=O)O2)[C@H](OC(C)=O)[C@H](OC(C)=O)[C@H]1NC(C)=O. The number of methoxy groups -OCH3 is 2. The summed E-state index contributed by atoms with van der Waals surface area (Å²) in [4.78, 5) is 208. The maximum atomic E-state index is 15.6. The number of nitrogens with zero attached hydrogens (tertiary/aromatic N) is 3. The van der Waals surface area contributed by atoms with Gasteiger partial charge in [-0.25, -0.2) is 14.4 Å². The number of fused-ring (bicyclic) bond motifs is 3. The summed E-state index contributed by atoms with van der Waals surface area (Å²) >= 11 is 0. The fourth-order valence-corrected chi connectivity index (χ4v) is 14.4. The zero-order valence-electron chi connectivity index (χ0n) is 60.4. The number of hydrogen-bond acceptors (Lipinski definition) is 28. The van der Waals surface area contributed by atoms with Crippen LogP contribution in [0, 0.1) is 0 Å². The van der Waals surface area contributed by atoms with Gasteiger partial charge < -0.3 is 97.5 Å². The van der Waals surface area contributed by atoms with Crippen molar-refractivity contribution in [3.05, 3.63) is 59.7 Å². The Morgan fingerprint density at radius 1 is 0.581 bits per heavy atom. The van der Waals surface area contributed by atoms with Gasteiger partial charge in [0.15, 0.2) is 30.7 Å². The third kappa shape index (κ3) is 19.6. The molecule has 5 fully saturated rings. The minimum atomic E-state index is -2.94. The van der Waals surface area contributed by atoms with Crippen LogP contribution in [0.15, 0.2) is 48.5 Å². The summed E-state index contributed by atoms with van der Waals surface area (Å²) in [6.07, 6.45) is -17.0. The molecule has 35 heteroatoms. The summed E-state index contributed by atoms with van der Waals surface area (Å²) in [6.45, 7) is 8.78. The van der Waals surface area contributed by atoms with Crippen LogP contribution in [0.2, 0.25) is 0 Å². The van der Waals surface area contributed by atoms with E-state index in [1.54, 1.807) is 0 Å². The van der Waals surface area contributed by atoms with Gasteiger partial charge in [-0.2, -0.15) is 0 Å². The number of nitrogens with one attached hydrogen (secondary N) is 4. The van der Waals surface area contributed by atoms with Gasteiger partial charge in [-0.3, -0.25) is 57.5 Å². The second-order valence-corrected chi connectivity index (χ2v) is 26.3. The van der Waals surface area contributed by atoms with Gasteiger partial charge in [-0.15, -0.1) is 0 Å². The molecule has 0 radical (unpaired) electrons. The van der Waals surface area contributed by atoms with Gasteiger partial charge in [-0.05, 0) is 74.6 Å². The predicted octanol–water partition coefficient (Wildman–Crippen LogP) is 0.580. The number of carbonyl (C=O) groups excluding carboxylic acids is 15. The van der Waals surface area contributed by atoms with Crippen molar-refractivity contribution in [3.63, 3.8) is 0 Å². The molecule has 5 saturated heterocycles. The van der Waals surface area contributed by atoms with Crippen LogP contribution in [0.5, 0.6) is 0 Å². The molecule has 0 saturated carbocycles. The number of ether oxygens (including phenoxy) is 13. The number of hydrogen-bond donors (Lipinski definition) is 4. The summed E-state index contributed by atoms with van der Waals surface area (Å²) in [5, 5.41) is 10.5. The minimum Gasteiger partial charge on any atom is -0.467 e. The van der Waals surface area contributed by atoms with Crippen molar-refractivity contribution in [3.8, 4) is 11.1 Å². The number of likely N-dealkylation sites (tertiary alicyclic amines) is 3. The number of carbonyl (C=O) groups is 15. The molecular weight excluding hydrogens is 1390 g/mol. The lowest BCUT2D eigenvalue weighted by Crippen LogP contribution is -2.70. The van der Waals surface area contributed by atoms with Gasteiger partial charge in [0.2, 0.25) is 35.4 Å². The Hall–Kier alpha value is -9.87. The van der Waals surface area contributed by atoms with Crippen molar-refractivity contribution >= 4 is 89.3 Å². The van der Waals surface area contributed by atoms with E-state index in [0.29, 0.717) is 25.7 Å². The molecular formula is C70H91N7O28. The number of esters is 8. The molecule has 0 unspecified atom stereocenters. The van der Waals surface area contributed by atoms with E-state index in [0.717, 1.165) is 89.7 Å². The molecule has 2 aromatic carbocycles. The summed E-state index contributed by atoms with van der Waals surface area (Å²) in [5.74, 6) is -16.0. The van der Waals surface area contributed by atoms with Crippen LogP contribution in [0.1, 0.15) is 131 Å². The largest absolute Gasteiger partial charge is 0.467 e. The third-order valence-corrected chi connectivity index (χ3v) is 18.7. The van der Waals surface area contributed by atoms with Crippen molar-refractivity contribution < 1.29 is 133 Å². The smallest absolute Gasteiger partial charge is 0.407 e. The van der Waals surface area contributed by atoms with Crippen molar-refractivity contribution in [2.24, 2.45) is 0 Å². The lowest BCUT2D eigenvalue weighted by molar-refractivity contribution is -0.335. The Labute approximate surface area is 604 Å². The first-order chi connectivity index (χ1) is 49.8. The monoisotopic (exact) mass is 1480 g/mol. The van der Waals surface area contributed by atoms with E-state index in [1.165, 1.54) is 30.8 Å². The van der Waals surface area contributed by atoms with Crippen LogP contribution in [-0.2, 0) is 129 Å². The second kappa shape index (κ2) is 35.7. The molecule has 574 valence electrons. The topological polar surface area (TPSA) is 434 Å². The minimum absolute atomic E-state index is 0.0399. The molecule has 35 nitrogen and oxygen atoms in total. The first kappa shape index (κ1) is 80.8. The molecule has 4 N–H and O–H groups in total. The highest BCUT2D eigenvalue weighted by Gasteiger charge is 2.61. The summed E-state index contributed by atoms with van der Waals surface area (Å²) in [7, 11) is 2.11. The average molecular weight is 1480 g/mol. The highest BCUT2D eigenvalue weighted by Crippen LogP contribution is 2.45. The second-order valence-electron chi connectivity index (χ2n) is 26.3. The van der Waals surface area contributed by atoms with E-state index >= 15 is 4.79 Å². The predicted molar refractivity (Wildman–Crippen MR) is 355 cm³/mol. The normalized spacial score (nSPS) is 26.1. The summed E-state index contributed by atoms with van der Waals surface area (Å²) in [5.41, 5.74) is 3.48. The standard InChI is InChI=1S/C70H91N7O28/c1-34(63(87)76-28-18-25-50(76)64(88)77-29-19-26-51(77)66(90)93-11)71-62(86)49-24-17-27-75(49)65(89)55(74-69(92)96-31-48-46-22-15-13-20-44(46)45-21-14-16-23-47(45)48)35(2)98-67-57(73-37(4)79)60(103-43(10)85)58(101-41(8)83)54(104-67)33-97-70(68(91)94-12)30-52(99-39(6)81)56(72-36(3)78)61(105-70)59(102-42(9)84)53(100-40(7)82)32-95-38(5)80/h13-16,20-23,34-35,48-61,67H,17-19,24-33H2,1-12H3,(H,71,86)(H,72,78)(H,73,79)(H,74,92)/t34-,35+,49-,50-,51-,52-,53+,54+,55-,56+,57+,58-,59+,60+,61+,67-,70+/m0/s1. The average Bonchev–Trinajstić information content (AvgIpc) is 1.38. The molecule has 0 bridgehead atoms. The lowest BCUT2D eigenvalue weighted by Gasteiger charge is -2.49. The van der Waals surface area contributed by atoms with E-state index in [1.807, 2.05) is 48.5 Å². The first-order valence-corrected chi connectivity index (χ1v) is 34.4. The molecule has 7 amide bonds. The molecule has 6 aliphatic rings. The number of rotatable bonds is 27. The Morgan fingerprint density at radius 2 is 1.13 bits per heavy atom. The van der Waals surface area contributed by atoms with Gasteiger partial charge >= 0.3 is 53.8 Å². The number of benzene rings is 2.